The molecular formula is C21H16ClN5O6S. The summed E-state index contributed by atoms with van der Waals surface area (Å²) in [5.74, 6) is -1.37. The maximum atomic E-state index is 12.8. The minimum absolute atomic E-state index is 0.0487. The lowest BCUT2D eigenvalue weighted by molar-refractivity contribution is -0.385. The number of aryl methyl sites for hydroxylation is 2. The van der Waals surface area contributed by atoms with E-state index in [1.807, 2.05) is 0 Å². The van der Waals surface area contributed by atoms with Crippen LogP contribution in [0.4, 0.5) is 16.2 Å². The number of carbonyl (C=O) groups excluding carboxylic acids is 3. The number of nitrogens with zero attached hydrogens (tertiary/aromatic N) is 4. The van der Waals surface area contributed by atoms with Crippen LogP contribution in [0.3, 0.4) is 0 Å². The first-order valence-electron chi connectivity index (χ1n) is 9.71. The summed E-state index contributed by atoms with van der Waals surface area (Å²) in [4.78, 5) is 61.4. The second kappa shape index (κ2) is 8.80. The molecule has 11 nitrogen and oxygen atoms in total. The monoisotopic (exact) mass is 501 g/mol. The highest BCUT2D eigenvalue weighted by Gasteiger charge is 2.37. The average molecular weight is 502 g/mol. The highest BCUT2D eigenvalue weighted by atomic mass is 35.5. The molecule has 1 aliphatic rings. The highest BCUT2D eigenvalue weighted by molar-refractivity contribution is 8.18. The van der Waals surface area contributed by atoms with Crippen molar-refractivity contribution >= 4 is 68.9 Å². The van der Waals surface area contributed by atoms with Crippen molar-refractivity contribution in [1.82, 2.24) is 14.0 Å². The molecule has 0 saturated carbocycles. The van der Waals surface area contributed by atoms with E-state index in [1.54, 1.807) is 18.2 Å². The number of anilines is 1. The van der Waals surface area contributed by atoms with Gasteiger partial charge in [0.1, 0.15) is 6.54 Å². The molecule has 1 fully saturated rings. The number of hydrogen-bond donors (Lipinski definition) is 1. The third-order valence-electron chi connectivity index (χ3n) is 5.19. The first kappa shape index (κ1) is 23.3. The topological polar surface area (TPSA) is 137 Å². The first-order chi connectivity index (χ1) is 16.1. The van der Waals surface area contributed by atoms with Crippen molar-refractivity contribution in [3.63, 3.8) is 0 Å². The van der Waals surface area contributed by atoms with Gasteiger partial charge in [0.25, 0.3) is 16.8 Å². The van der Waals surface area contributed by atoms with Crippen LogP contribution in [0.15, 0.2) is 46.1 Å². The number of benzene rings is 2. The predicted molar refractivity (Wildman–Crippen MR) is 128 cm³/mol. The number of thioether (sulfide) groups is 1. The Morgan fingerprint density at radius 1 is 1.15 bits per heavy atom. The second-order valence-corrected chi connectivity index (χ2v) is 8.81. The number of amides is 3. The van der Waals surface area contributed by atoms with Crippen LogP contribution in [-0.4, -0.2) is 42.6 Å². The van der Waals surface area contributed by atoms with Gasteiger partial charge in [-0.1, -0.05) is 17.7 Å². The molecular weight excluding hydrogens is 486 g/mol. The molecule has 1 aromatic heterocycles. The van der Waals surface area contributed by atoms with E-state index in [2.05, 4.69) is 5.32 Å². The van der Waals surface area contributed by atoms with Crippen molar-refractivity contribution in [2.75, 3.05) is 11.9 Å². The molecule has 34 heavy (non-hydrogen) atoms. The van der Waals surface area contributed by atoms with Gasteiger partial charge in [-0.25, -0.2) is 4.79 Å². The van der Waals surface area contributed by atoms with Gasteiger partial charge in [0.15, 0.2) is 0 Å². The fraction of sp³-hybridized carbons (Fsp3) is 0.143. The number of fused-ring (bicyclic) bond motifs is 1. The van der Waals surface area contributed by atoms with Gasteiger partial charge in [-0.15, -0.1) is 0 Å². The molecule has 0 aliphatic carbocycles. The standard InChI is InChI=1S/C21H16ClN5O6S/c1-24-15-6-11(14(27(32)33)9-16(15)25(2)20(24)30)7-17-19(29)26(21(31)34-17)10-18(28)23-13-5-3-4-12(22)8-13/h3-9H,10H2,1-2H3,(H,23,28)/b17-7-. The van der Waals surface area contributed by atoms with Gasteiger partial charge in [0.05, 0.1) is 26.4 Å². The summed E-state index contributed by atoms with van der Waals surface area (Å²) < 4.78 is 2.60. The highest BCUT2D eigenvalue weighted by Crippen LogP contribution is 2.35. The average Bonchev–Trinajstić information content (AvgIpc) is 3.15. The van der Waals surface area contributed by atoms with Gasteiger partial charge in [-0.05, 0) is 42.1 Å². The zero-order valence-corrected chi connectivity index (χ0v) is 19.3. The molecule has 2 heterocycles. The predicted octanol–water partition coefficient (Wildman–Crippen LogP) is 3.11. The molecule has 13 heteroatoms. The van der Waals surface area contributed by atoms with Crippen LogP contribution in [0.25, 0.3) is 17.1 Å². The smallest absolute Gasteiger partial charge is 0.324 e. The molecule has 0 radical (unpaired) electrons. The largest absolute Gasteiger partial charge is 0.328 e. The molecule has 1 aliphatic heterocycles. The summed E-state index contributed by atoms with van der Waals surface area (Å²) in [6.07, 6.45) is 1.22. The van der Waals surface area contributed by atoms with E-state index in [9.17, 15) is 29.3 Å². The van der Waals surface area contributed by atoms with Crippen LogP contribution in [-0.2, 0) is 23.7 Å². The van der Waals surface area contributed by atoms with Crippen molar-refractivity contribution in [1.29, 1.82) is 0 Å². The number of nitro groups is 1. The van der Waals surface area contributed by atoms with Gasteiger partial charge in [-0.2, -0.15) is 0 Å². The van der Waals surface area contributed by atoms with Gasteiger partial charge in [-0.3, -0.25) is 38.5 Å². The van der Waals surface area contributed by atoms with Crippen LogP contribution in [0.1, 0.15) is 5.56 Å². The minimum Gasteiger partial charge on any atom is -0.324 e. The second-order valence-electron chi connectivity index (χ2n) is 7.38. The number of nitro benzene ring substituents is 1. The number of hydrogen-bond acceptors (Lipinski definition) is 7. The summed E-state index contributed by atoms with van der Waals surface area (Å²) in [7, 11) is 3.01. The normalized spacial score (nSPS) is 14.9. The summed E-state index contributed by atoms with van der Waals surface area (Å²) in [5, 5.41) is 13.9. The molecule has 4 rings (SSSR count). The summed E-state index contributed by atoms with van der Waals surface area (Å²) >= 11 is 6.45. The Morgan fingerprint density at radius 2 is 1.82 bits per heavy atom. The number of carbonyl (C=O) groups is 3. The fourth-order valence-electron chi connectivity index (χ4n) is 3.51. The van der Waals surface area contributed by atoms with Crippen molar-refractivity contribution in [3.8, 4) is 0 Å². The lowest BCUT2D eigenvalue weighted by Crippen LogP contribution is -2.36. The van der Waals surface area contributed by atoms with E-state index in [1.165, 1.54) is 47.5 Å². The number of halogens is 1. The molecule has 3 amide bonds. The zero-order valence-electron chi connectivity index (χ0n) is 17.8. The van der Waals surface area contributed by atoms with Gasteiger partial charge < -0.3 is 5.32 Å². The summed E-state index contributed by atoms with van der Waals surface area (Å²) in [6.45, 7) is -0.539. The quantitative estimate of drug-likeness (QED) is 0.322. The van der Waals surface area contributed by atoms with Crippen LogP contribution in [0.5, 0.6) is 0 Å². The maximum absolute atomic E-state index is 12.8. The van der Waals surface area contributed by atoms with Crippen molar-refractivity contribution in [2.45, 2.75) is 0 Å². The van der Waals surface area contributed by atoms with Crippen molar-refractivity contribution in [2.24, 2.45) is 14.1 Å². The van der Waals surface area contributed by atoms with Gasteiger partial charge >= 0.3 is 5.69 Å². The molecule has 174 valence electrons. The minimum atomic E-state index is -0.757. The number of rotatable bonds is 5. The number of imidazole rings is 1. The van der Waals surface area contributed by atoms with Crippen molar-refractivity contribution < 1.29 is 19.3 Å². The van der Waals surface area contributed by atoms with E-state index in [-0.39, 0.29) is 21.8 Å². The number of imide groups is 1. The molecule has 0 atom stereocenters. The van der Waals surface area contributed by atoms with E-state index in [0.717, 1.165) is 4.90 Å². The van der Waals surface area contributed by atoms with Crippen LogP contribution < -0.4 is 11.0 Å². The maximum Gasteiger partial charge on any atom is 0.328 e. The van der Waals surface area contributed by atoms with Gasteiger partial charge in [0, 0.05) is 30.9 Å². The SMILES string of the molecule is Cn1c(=O)n(C)c2cc([N+](=O)[O-])c(/C=C3\SC(=O)N(CC(=O)Nc4cccc(Cl)c4)C3=O)cc21. The summed E-state index contributed by atoms with van der Waals surface area (Å²) in [6, 6.07) is 9.03. The molecule has 2 aromatic carbocycles. The third-order valence-corrected chi connectivity index (χ3v) is 6.33. The molecule has 1 saturated heterocycles. The third kappa shape index (κ3) is 4.20. The Balaban J connectivity index is 1.63. The first-order valence-corrected chi connectivity index (χ1v) is 10.9. The van der Waals surface area contributed by atoms with Crippen LogP contribution >= 0.6 is 23.4 Å². The zero-order chi connectivity index (χ0) is 24.7. The fourth-order valence-corrected chi connectivity index (χ4v) is 4.53. The molecule has 0 spiro atoms. The molecule has 1 N–H and O–H groups in total. The molecule has 0 unspecified atom stereocenters. The van der Waals surface area contributed by atoms with E-state index in [4.69, 9.17) is 11.6 Å². The number of nitrogens with one attached hydrogen (secondary N) is 1. The lowest BCUT2D eigenvalue weighted by Gasteiger charge is -2.12. The Hall–Kier alpha value is -3.90. The van der Waals surface area contributed by atoms with E-state index < -0.39 is 28.5 Å². The Kier molecular flexibility index (Phi) is 6.02. The van der Waals surface area contributed by atoms with E-state index >= 15 is 0 Å². The van der Waals surface area contributed by atoms with Crippen LogP contribution in [0.2, 0.25) is 5.02 Å². The Labute approximate surface area is 200 Å². The Morgan fingerprint density at radius 3 is 2.47 bits per heavy atom. The molecule has 0 bridgehead atoms. The lowest BCUT2D eigenvalue weighted by atomic mass is 10.1. The summed E-state index contributed by atoms with van der Waals surface area (Å²) in [5.41, 5.74) is 0.517. The Bertz CT molecular complexity index is 1490. The van der Waals surface area contributed by atoms with Crippen molar-refractivity contribution in [3.05, 3.63) is 72.5 Å². The van der Waals surface area contributed by atoms with E-state index in [0.29, 0.717) is 33.5 Å². The van der Waals surface area contributed by atoms with Crippen LogP contribution in [0, 0.1) is 10.1 Å². The van der Waals surface area contributed by atoms with Gasteiger partial charge in [0.2, 0.25) is 5.91 Å². The number of aromatic nitrogens is 2. The molecule has 3 aromatic rings.